The highest BCUT2D eigenvalue weighted by atomic mass is 16.7. The summed E-state index contributed by atoms with van der Waals surface area (Å²) >= 11 is 0. The van der Waals surface area contributed by atoms with E-state index in [0.717, 1.165) is 25.7 Å². The molecular weight excluding hydrogens is 240 g/mol. The third-order valence-corrected chi connectivity index (χ3v) is 4.27. The lowest BCUT2D eigenvalue weighted by Gasteiger charge is -2.19. The van der Waals surface area contributed by atoms with E-state index in [1.54, 1.807) is 12.2 Å². The van der Waals surface area contributed by atoms with Crippen LogP contribution in [-0.2, 0) is 4.74 Å². The smallest absolute Gasteiger partial charge is 0.280 e. The molecule has 0 aromatic heterocycles. The number of hydrogen-bond acceptors (Lipinski definition) is 3. The Hall–Kier alpha value is -1.12. The monoisotopic (exact) mass is 266 g/mol. The Morgan fingerprint density at radius 3 is 1.42 bits per heavy atom. The minimum Gasteiger partial charge on any atom is -0.481 e. The first-order valence-corrected chi connectivity index (χ1v) is 7.73. The standard InChI is InChI=1S/C16H26O3/c17-15(11-13-7-3-1-4-8-13)19-16(18)12-14-9-5-2-6-10-14/h11-14,17-18H,1-10H2/b15-11+,16-12+. The molecule has 0 radical (unpaired) electrons. The van der Waals surface area contributed by atoms with Crippen LogP contribution in [0.5, 0.6) is 0 Å². The summed E-state index contributed by atoms with van der Waals surface area (Å²) < 4.78 is 5.09. The van der Waals surface area contributed by atoms with Gasteiger partial charge in [-0.25, -0.2) is 0 Å². The van der Waals surface area contributed by atoms with Crippen LogP contribution < -0.4 is 0 Å². The molecule has 0 aromatic carbocycles. The van der Waals surface area contributed by atoms with Gasteiger partial charge in [-0.2, -0.15) is 0 Å². The fourth-order valence-electron chi connectivity index (χ4n) is 3.18. The Bertz CT molecular complexity index is 289. The lowest BCUT2D eigenvalue weighted by molar-refractivity contribution is 0.0626. The average Bonchev–Trinajstić information content (AvgIpc) is 2.40. The zero-order valence-electron chi connectivity index (χ0n) is 11.7. The summed E-state index contributed by atoms with van der Waals surface area (Å²) in [6, 6.07) is 0. The van der Waals surface area contributed by atoms with Crippen LogP contribution in [0.1, 0.15) is 64.2 Å². The number of allylic oxidation sites excluding steroid dienone is 2. The summed E-state index contributed by atoms with van der Waals surface area (Å²) in [5.74, 6) is 0.514. The number of aliphatic hydroxyl groups is 2. The molecule has 2 saturated carbocycles. The Labute approximate surface area is 116 Å². The molecule has 2 rings (SSSR count). The molecule has 0 bridgehead atoms. The number of aliphatic hydroxyl groups excluding tert-OH is 2. The van der Waals surface area contributed by atoms with Crippen molar-refractivity contribution in [2.45, 2.75) is 64.2 Å². The first kappa shape index (κ1) is 14.3. The fourth-order valence-corrected chi connectivity index (χ4v) is 3.18. The molecule has 3 heteroatoms. The molecule has 0 aliphatic heterocycles. The van der Waals surface area contributed by atoms with Crippen LogP contribution in [0, 0.1) is 11.8 Å². The molecule has 0 saturated heterocycles. The Kier molecular flexibility index (Phi) is 5.62. The molecule has 108 valence electrons. The molecule has 0 spiro atoms. The van der Waals surface area contributed by atoms with Gasteiger partial charge in [0, 0.05) is 0 Å². The first-order valence-electron chi connectivity index (χ1n) is 7.73. The normalized spacial score (nSPS) is 24.4. The molecule has 0 atom stereocenters. The van der Waals surface area contributed by atoms with Gasteiger partial charge < -0.3 is 14.9 Å². The van der Waals surface area contributed by atoms with Crippen LogP contribution in [0.4, 0.5) is 0 Å². The third kappa shape index (κ3) is 5.17. The zero-order valence-corrected chi connectivity index (χ0v) is 11.7. The minimum absolute atomic E-state index is 0.142. The summed E-state index contributed by atoms with van der Waals surface area (Å²) in [6.45, 7) is 0. The van der Waals surface area contributed by atoms with Crippen molar-refractivity contribution in [1.29, 1.82) is 0 Å². The summed E-state index contributed by atoms with van der Waals surface area (Å²) in [5, 5.41) is 19.5. The molecule has 2 N–H and O–H groups in total. The Morgan fingerprint density at radius 1 is 0.684 bits per heavy atom. The summed E-state index contributed by atoms with van der Waals surface area (Å²) in [7, 11) is 0. The Balaban J connectivity index is 1.80. The molecule has 0 amide bonds. The van der Waals surface area contributed by atoms with Crippen molar-refractivity contribution in [2.75, 3.05) is 0 Å². The first-order chi connectivity index (χ1) is 9.24. The van der Waals surface area contributed by atoms with Crippen LogP contribution >= 0.6 is 0 Å². The lowest BCUT2D eigenvalue weighted by atomic mass is 9.89. The van der Waals surface area contributed by atoms with Gasteiger partial charge in [0.2, 0.25) is 0 Å². The van der Waals surface area contributed by atoms with E-state index in [1.807, 2.05) is 0 Å². The maximum atomic E-state index is 9.74. The van der Waals surface area contributed by atoms with Gasteiger partial charge in [-0.15, -0.1) is 0 Å². The zero-order chi connectivity index (χ0) is 13.5. The molecule has 0 unspecified atom stereocenters. The molecule has 0 aromatic rings. The second-order valence-corrected chi connectivity index (χ2v) is 5.91. The topological polar surface area (TPSA) is 49.7 Å². The highest BCUT2D eigenvalue weighted by molar-refractivity contribution is 4.96. The number of hydrogen-bond donors (Lipinski definition) is 2. The molecule has 19 heavy (non-hydrogen) atoms. The van der Waals surface area contributed by atoms with E-state index in [4.69, 9.17) is 4.74 Å². The van der Waals surface area contributed by atoms with Gasteiger partial charge in [-0.05, 0) is 49.7 Å². The van der Waals surface area contributed by atoms with E-state index in [-0.39, 0.29) is 11.9 Å². The van der Waals surface area contributed by atoms with Crippen molar-refractivity contribution >= 4 is 0 Å². The van der Waals surface area contributed by atoms with Crippen molar-refractivity contribution in [3.8, 4) is 0 Å². The predicted octanol–water partition coefficient (Wildman–Crippen LogP) is 4.96. The molecule has 0 heterocycles. The second kappa shape index (κ2) is 7.46. The lowest BCUT2D eigenvalue weighted by Crippen LogP contribution is -2.07. The fraction of sp³-hybridized carbons (Fsp3) is 0.750. The van der Waals surface area contributed by atoms with Gasteiger partial charge in [-0.1, -0.05) is 38.5 Å². The van der Waals surface area contributed by atoms with Crippen LogP contribution in [0.25, 0.3) is 0 Å². The van der Waals surface area contributed by atoms with E-state index >= 15 is 0 Å². The van der Waals surface area contributed by atoms with E-state index in [2.05, 4.69) is 0 Å². The van der Waals surface area contributed by atoms with Gasteiger partial charge in [0.1, 0.15) is 0 Å². The minimum atomic E-state index is -0.142. The van der Waals surface area contributed by atoms with Crippen LogP contribution in [0.15, 0.2) is 24.0 Å². The van der Waals surface area contributed by atoms with Gasteiger partial charge in [0.25, 0.3) is 11.9 Å². The van der Waals surface area contributed by atoms with Crippen LogP contribution in [0.2, 0.25) is 0 Å². The van der Waals surface area contributed by atoms with Crippen molar-refractivity contribution < 1.29 is 14.9 Å². The summed E-state index contributed by atoms with van der Waals surface area (Å²) in [4.78, 5) is 0. The Morgan fingerprint density at radius 2 is 1.05 bits per heavy atom. The molecule has 2 aliphatic rings. The highest BCUT2D eigenvalue weighted by Crippen LogP contribution is 2.27. The maximum Gasteiger partial charge on any atom is 0.280 e. The third-order valence-electron chi connectivity index (χ3n) is 4.27. The van der Waals surface area contributed by atoms with Gasteiger partial charge in [0.15, 0.2) is 0 Å². The molecule has 2 fully saturated rings. The maximum absolute atomic E-state index is 9.74. The van der Waals surface area contributed by atoms with Crippen LogP contribution in [0.3, 0.4) is 0 Å². The highest BCUT2D eigenvalue weighted by Gasteiger charge is 2.15. The average molecular weight is 266 g/mol. The van der Waals surface area contributed by atoms with Gasteiger partial charge in [-0.3, -0.25) is 0 Å². The van der Waals surface area contributed by atoms with E-state index in [0.29, 0.717) is 11.8 Å². The van der Waals surface area contributed by atoms with Gasteiger partial charge in [0.05, 0.1) is 0 Å². The SMILES string of the molecule is O/C(=C\C1CCCCC1)O/C(O)=C/C1CCCCC1. The quantitative estimate of drug-likeness (QED) is 0.707. The summed E-state index contributed by atoms with van der Waals surface area (Å²) in [6.07, 6.45) is 15.4. The molecule has 2 aliphatic carbocycles. The van der Waals surface area contributed by atoms with E-state index in [1.165, 1.54) is 38.5 Å². The number of ether oxygens (including phenoxy) is 1. The van der Waals surface area contributed by atoms with Crippen molar-refractivity contribution in [1.82, 2.24) is 0 Å². The number of rotatable bonds is 4. The van der Waals surface area contributed by atoms with Crippen molar-refractivity contribution in [2.24, 2.45) is 11.8 Å². The largest absolute Gasteiger partial charge is 0.481 e. The van der Waals surface area contributed by atoms with E-state index < -0.39 is 0 Å². The van der Waals surface area contributed by atoms with Crippen LogP contribution in [-0.4, -0.2) is 10.2 Å². The van der Waals surface area contributed by atoms with Gasteiger partial charge >= 0.3 is 0 Å². The predicted molar refractivity (Wildman–Crippen MR) is 75.7 cm³/mol. The second-order valence-electron chi connectivity index (χ2n) is 5.91. The summed E-state index contributed by atoms with van der Waals surface area (Å²) in [5.41, 5.74) is 0. The van der Waals surface area contributed by atoms with Crippen molar-refractivity contribution in [3.63, 3.8) is 0 Å². The van der Waals surface area contributed by atoms with Crippen molar-refractivity contribution in [3.05, 3.63) is 24.0 Å². The molecule has 3 nitrogen and oxygen atoms in total. The van der Waals surface area contributed by atoms with E-state index in [9.17, 15) is 10.2 Å². The molecular formula is C16H26O3.